The minimum absolute atomic E-state index is 0.319. The van der Waals surface area contributed by atoms with Crippen LogP contribution in [0.2, 0.25) is 0 Å². The second-order valence-corrected chi connectivity index (χ2v) is 5.54. The lowest BCUT2D eigenvalue weighted by Crippen LogP contribution is -2.40. The number of nitrogens with two attached hydrogens (primary N) is 1. The van der Waals surface area contributed by atoms with E-state index in [0.29, 0.717) is 17.6 Å². The van der Waals surface area contributed by atoms with Crippen LogP contribution in [-0.4, -0.2) is 40.7 Å². The lowest BCUT2D eigenvalue weighted by atomic mass is 10.1. The van der Waals surface area contributed by atoms with Crippen molar-refractivity contribution in [3.05, 3.63) is 0 Å². The summed E-state index contributed by atoms with van der Waals surface area (Å²) in [6.45, 7) is 2.20. The van der Waals surface area contributed by atoms with Gasteiger partial charge < -0.3 is 10.8 Å². The van der Waals surface area contributed by atoms with Crippen molar-refractivity contribution in [1.29, 1.82) is 0 Å². The third kappa shape index (κ3) is 6.34. The summed E-state index contributed by atoms with van der Waals surface area (Å²) in [6, 6.07) is 0.703. The van der Waals surface area contributed by atoms with Crippen molar-refractivity contribution in [2.45, 2.75) is 57.4 Å². The summed E-state index contributed by atoms with van der Waals surface area (Å²) >= 11 is 5.03. The third-order valence-corrected chi connectivity index (χ3v) is 3.68. The summed E-state index contributed by atoms with van der Waals surface area (Å²) < 4.78 is 0. The number of hydrogen-bond donors (Lipinski definition) is 2. The van der Waals surface area contributed by atoms with E-state index in [2.05, 4.69) is 4.90 Å². The number of thiocarbonyl (C=S) groups is 1. The maximum absolute atomic E-state index is 8.72. The molecule has 0 aromatic carbocycles. The molecule has 0 spiro atoms. The zero-order chi connectivity index (χ0) is 12.5. The summed E-state index contributed by atoms with van der Waals surface area (Å²) in [7, 11) is 0. The van der Waals surface area contributed by atoms with Crippen molar-refractivity contribution in [2.24, 2.45) is 5.73 Å². The van der Waals surface area contributed by atoms with Crippen molar-refractivity contribution in [3.63, 3.8) is 0 Å². The summed E-state index contributed by atoms with van der Waals surface area (Å²) in [5.41, 5.74) is 5.67. The van der Waals surface area contributed by atoms with Gasteiger partial charge in [0, 0.05) is 19.2 Å². The largest absolute Gasteiger partial charge is 0.396 e. The average molecular weight is 258 g/mol. The van der Waals surface area contributed by atoms with Gasteiger partial charge in [-0.15, -0.1) is 0 Å². The Morgan fingerprint density at radius 1 is 1.18 bits per heavy atom. The molecule has 0 heterocycles. The van der Waals surface area contributed by atoms with Crippen LogP contribution >= 0.6 is 12.2 Å². The van der Waals surface area contributed by atoms with Crippen LogP contribution in [0.5, 0.6) is 0 Å². The lowest BCUT2D eigenvalue weighted by molar-refractivity contribution is 0.220. The molecule has 1 aliphatic carbocycles. The lowest BCUT2D eigenvalue weighted by Gasteiger charge is -2.28. The van der Waals surface area contributed by atoms with E-state index in [1.165, 1.54) is 38.5 Å². The van der Waals surface area contributed by atoms with Crippen LogP contribution < -0.4 is 5.73 Å². The van der Waals surface area contributed by atoms with Crippen molar-refractivity contribution in [2.75, 3.05) is 19.7 Å². The molecule has 0 radical (unpaired) electrons. The van der Waals surface area contributed by atoms with Gasteiger partial charge in [-0.05, 0) is 32.2 Å². The molecule has 1 fully saturated rings. The van der Waals surface area contributed by atoms with Crippen molar-refractivity contribution >= 4 is 17.2 Å². The molecule has 3 N–H and O–H groups in total. The molecular weight excluding hydrogens is 232 g/mol. The van der Waals surface area contributed by atoms with E-state index < -0.39 is 0 Å². The Bertz CT molecular complexity index is 217. The van der Waals surface area contributed by atoms with Crippen LogP contribution in [-0.2, 0) is 0 Å². The van der Waals surface area contributed by atoms with Gasteiger partial charge in [-0.2, -0.15) is 0 Å². The molecule has 0 saturated heterocycles. The van der Waals surface area contributed by atoms with Crippen LogP contribution in [0.4, 0.5) is 0 Å². The van der Waals surface area contributed by atoms with Gasteiger partial charge in [0.15, 0.2) is 0 Å². The van der Waals surface area contributed by atoms with E-state index in [9.17, 15) is 0 Å². The fraction of sp³-hybridized carbons (Fsp3) is 0.923. The van der Waals surface area contributed by atoms with Gasteiger partial charge in [0.1, 0.15) is 0 Å². The first-order valence-corrected chi connectivity index (χ1v) is 7.28. The van der Waals surface area contributed by atoms with Crippen molar-refractivity contribution < 1.29 is 5.11 Å². The Hall–Kier alpha value is -0.190. The summed E-state index contributed by atoms with van der Waals surface area (Å²) in [5, 5.41) is 8.72. The summed E-state index contributed by atoms with van der Waals surface area (Å²) in [4.78, 5) is 3.08. The predicted octanol–water partition coefficient (Wildman–Crippen LogP) is 2.07. The average Bonchev–Trinajstić information content (AvgIpc) is 2.80. The van der Waals surface area contributed by atoms with Crippen LogP contribution in [0.1, 0.15) is 51.4 Å². The van der Waals surface area contributed by atoms with E-state index in [0.717, 1.165) is 25.9 Å². The molecule has 1 saturated carbocycles. The van der Waals surface area contributed by atoms with Crippen LogP contribution in [0.15, 0.2) is 0 Å². The van der Waals surface area contributed by atoms with Crippen LogP contribution in [0.3, 0.4) is 0 Å². The highest BCUT2D eigenvalue weighted by molar-refractivity contribution is 7.80. The number of nitrogens with zero attached hydrogens (tertiary/aromatic N) is 1. The normalized spacial score (nSPS) is 16.8. The first kappa shape index (κ1) is 14.9. The molecule has 17 heavy (non-hydrogen) atoms. The second-order valence-electron chi connectivity index (χ2n) is 5.01. The summed E-state index contributed by atoms with van der Waals surface area (Å²) in [5.74, 6) is 0. The van der Waals surface area contributed by atoms with Gasteiger partial charge in [0.25, 0.3) is 0 Å². The molecule has 4 heteroatoms. The highest BCUT2D eigenvalue weighted by Gasteiger charge is 2.22. The number of aliphatic hydroxyl groups excluding tert-OH is 1. The highest BCUT2D eigenvalue weighted by Crippen LogP contribution is 2.23. The van der Waals surface area contributed by atoms with Gasteiger partial charge in [0.05, 0.1) is 4.99 Å². The van der Waals surface area contributed by atoms with Gasteiger partial charge in [-0.1, -0.05) is 37.9 Å². The van der Waals surface area contributed by atoms with Crippen LogP contribution in [0.25, 0.3) is 0 Å². The van der Waals surface area contributed by atoms with E-state index in [4.69, 9.17) is 23.1 Å². The number of rotatable bonds is 9. The Kier molecular flexibility index (Phi) is 7.73. The predicted molar refractivity (Wildman–Crippen MR) is 76.2 cm³/mol. The smallest absolute Gasteiger partial charge is 0.0870 e. The summed E-state index contributed by atoms with van der Waals surface area (Å²) in [6.07, 6.45) is 9.76. The molecule has 100 valence electrons. The quantitative estimate of drug-likeness (QED) is 0.491. The molecule has 0 aromatic heterocycles. The fourth-order valence-electron chi connectivity index (χ4n) is 2.64. The van der Waals surface area contributed by atoms with Crippen molar-refractivity contribution in [1.82, 2.24) is 4.90 Å². The molecule has 1 aliphatic rings. The van der Waals surface area contributed by atoms with E-state index in [-0.39, 0.29) is 0 Å². The van der Waals surface area contributed by atoms with E-state index in [1.54, 1.807) is 0 Å². The monoisotopic (exact) mass is 258 g/mol. The molecular formula is C13H26N2OS. The molecule has 3 nitrogen and oxygen atoms in total. The van der Waals surface area contributed by atoms with Gasteiger partial charge in [-0.3, -0.25) is 4.90 Å². The second kappa shape index (κ2) is 8.84. The Balaban J connectivity index is 2.22. The maximum atomic E-state index is 8.72. The number of hydrogen-bond acceptors (Lipinski definition) is 3. The Morgan fingerprint density at radius 2 is 1.82 bits per heavy atom. The molecule has 0 aromatic rings. The topological polar surface area (TPSA) is 49.5 Å². The Morgan fingerprint density at radius 3 is 2.41 bits per heavy atom. The minimum atomic E-state index is 0.319. The Labute approximate surface area is 110 Å². The molecule has 0 aliphatic heterocycles. The van der Waals surface area contributed by atoms with Gasteiger partial charge in [0.2, 0.25) is 0 Å². The van der Waals surface area contributed by atoms with Gasteiger partial charge in [-0.25, -0.2) is 0 Å². The molecule has 0 atom stereocenters. The van der Waals surface area contributed by atoms with Gasteiger partial charge >= 0.3 is 0 Å². The number of unbranched alkanes of at least 4 members (excludes halogenated alkanes) is 3. The van der Waals surface area contributed by atoms with Crippen LogP contribution in [0, 0.1) is 0 Å². The molecule has 0 amide bonds. The minimum Gasteiger partial charge on any atom is -0.396 e. The fourth-order valence-corrected chi connectivity index (χ4v) is 2.81. The van der Waals surface area contributed by atoms with E-state index in [1.807, 2.05) is 0 Å². The number of aliphatic hydroxyl groups is 1. The highest BCUT2D eigenvalue weighted by atomic mass is 32.1. The van der Waals surface area contributed by atoms with E-state index >= 15 is 0 Å². The first-order chi connectivity index (χ1) is 8.24. The first-order valence-electron chi connectivity index (χ1n) is 6.87. The zero-order valence-electron chi connectivity index (χ0n) is 10.7. The standard InChI is InChI=1S/C13H26N2OS/c14-13(17)11-15(12-7-3-4-8-12)9-5-1-2-6-10-16/h12,16H,1-11H2,(H2,14,17). The SMILES string of the molecule is NC(=S)CN(CCCCCCO)C1CCCC1. The molecule has 0 unspecified atom stereocenters. The molecule has 0 bridgehead atoms. The van der Waals surface area contributed by atoms with Crippen molar-refractivity contribution in [3.8, 4) is 0 Å². The third-order valence-electron chi connectivity index (χ3n) is 3.55. The molecule has 1 rings (SSSR count). The zero-order valence-corrected chi connectivity index (χ0v) is 11.6. The maximum Gasteiger partial charge on any atom is 0.0870 e.